The first-order valence-electron chi connectivity index (χ1n) is 5.76. The standard InChI is InChI=1S/C10H21N3O3S/c1-13(2)5-4-11-10(14)12-7-9-3-6-17(15,16)8-9/h9H,3-8H2,1-2H3,(H2,11,12,14). The Balaban J connectivity index is 2.12. The van der Waals surface area contributed by atoms with E-state index in [1.165, 1.54) is 0 Å². The van der Waals surface area contributed by atoms with Gasteiger partial charge in [0.1, 0.15) is 0 Å². The van der Waals surface area contributed by atoms with Crippen LogP contribution in [0.3, 0.4) is 0 Å². The highest BCUT2D eigenvalue weighted by molar-refractivity contribution is 7.91. The first kappa shape index (κ1) is 14.2. The zero-order chi connectivity index (χ0) is 12.9. The minimum atomic E-state index is -2.85. The molecule has 0 saturated carbocycles. The summed E-state index contributed by atoms with van der Waals surface area (Å²) < 4.78 is 22.4. The Labute approximate surface area is 103 Å². The van der Waals surface area contributed by atoms with Crippen LogP contribution < -0.4 is 10.6 Å². The summed E-state index contributed by atoms with van der Waals surface area (Å²) in [5, 5.41) is 5.42. The molecule has 1 aliphatic rings. The van der Waals surface area contributed by atoms with Crippen molar-refractivity contribution in [1.82, 2.24) is 15.5 Å². The van der Waals surface area contributed by atoms with Gasteiger partial charge in [-0.2, -0.15) is 0 Å². The maximum Gasteiger partial charge on any atom is 0.314 e. The van der Waals surface area contributed by atoms with Gasteiger partial charge in [-0.3, -0.25) is 0 Å². The minimum absolute atomic E-state index is 0.0691. The Bertz CT molecular complexity index is 354. The monoisotopic (exact) mass is 263 g/mol. The predicted octanol–water partition coefficient (Wildman–Crippen LogP) is -0.718. The number of nitrogens with zero attached hydrogens (tertiary/aromatic N) is 1. The SMILES string of the molecule is CN(C)CCNC(=O)NCC1CCS(=O)(=O)C1. The number of carbonyl (C=O) groups excluding carboxylic acids is 1. The highest BCUT2D eigenvalue weighted by Gasteiger charge is 2.27. The third-order valence-corrected chi connectivity index (χ3v) is 4.56. The first-order valence-corrected chi connectivity index (χ1v) is 7.58. The van der Waals surface area contributed by atoms with Gasteiger partial charge in [0.2, 0.25) is 0 Å². The fraction of sp³-hybridized carbons (Fsp3) is 0.900. The number of carbonyl (C=O) groups is 1. The summed E-state index contributed by atoms with van der Waals surface area (Å²) in [4.78, 5) is 13.3. The molecule has 1 atom stereocenters. The Hall–Kier alpha value is -0.820. The average molecular weight is 263 g/mol. The van der Waals surface area contributed by atoms with Gasteiger partial charge in [-0.25, -0.2) is 13.2 Å². The lowest BCUT2D eigenvalue weighted by Gasteiger charge is -2.12. The maximum absolute atomic E-state index is 11.4. The second-order valence-corrected chi connectivity index (χ2v) is 6.94. The summed E-state index contributed by atoms with van der Waals surface area (Å²) in [5.74, 6) is 0.520. The largest absolute Gasteiger partial charge is 0.338 e. The molecule has 1 heterocycles. The van der Waals surface area contributed by atoms with Crippen molar-refractivity contribution < 1.29 is 13.2 Å². The van der Waals surface area contributed by atoms with Crippen molar-refractivity contribution in [2.75, 3.05) is 45.2 Å². The third kappa shape index (κ3) is 5.88. The molecule has 100 valence electrons. The van der Waals surface area contributed by atoms with Crippen LogP contribution in [-0.2, 0) is 9.84 Å². The van der Waals surface area contributed by atoms with Gasteiger partial charge in [-0.05, 0) is 26.4 Å². The number of urea groups is 1. The number of likely N-dealkylation sites (N-methyl/N-ethyl adjacent to an activating group) is 1. The lowest BCUT2D eigenvalue weighted by molar-refractivity contribution is 0.238. The van der Waals surface area contributed by atoms with E-state index in [0.717, 1.165) is 6.54 Å². The fourth-order valence-electron chi connectivity index (χ4n) is 1.73. The number of hydrogen-bond acceptors (Lipinski definition) is 4. The normalized spacial score (nSPS) is 22.6. The van der Waals surface area contributed by atoms with E-state index in [1.54, 1.807) is 0 Å². The smallest absolute Gasteiger partial charge is 0.314 e. The average Bonchev–Trinajstić information content (AvgIpc) is 2.55. The van der Waals surface area contributed by atoms with E-state index >= 15 is 0 Å². The third-order valence-electron chi connectivity index (χ3n) is 2.72. The van der Waals surface area contributed by atoms with Gasteiger partial charge in [0, 0.05) is 19.6 Å². The van der Waals surface area contributed by atoms with E-state index in [9.17, 15) is 13.2 Å². The number of amides is 2. The Morgan fingerprint density at radius 2 is 2.06 bits per heavy atom. The van der Waals surface area contributed by atoms with Crippen molar-refractivity contribution in [1.29, 1.82) is 0 Å². The quantitative estimate of drug-likeness (QED) is 0.686. The molecule has 1 rings (SSSR count). The van der Waals surface area contributed by atoms with E-state index in [-0.39, 0.29) is 23.5 Å². The van der Waals surface area contributed by atoms with Crippen molar-refractivity contribution in [2.45, 2.75) is 6.42 Å². The molecule has 0 bridgehead atoms. The van der Waals surface area contributed by atoms with E-state index in [0.29, 0.717) is 19.5 Å². The summed E-state index contributed by atoms with van der Waals surface area (Å²) >= 11 is 0. The molecule has 0 spiro atoms. The number of rotatable bonds is 5. The van der Waals surface area contributed by atoms with Gasteiger partial charge in [0.05, 0.1) is 11.5 Å². The highest BCUT2D eigenvalue weighted by Crippen LogP contribution is 2.17. The summed E-state index contributed by atoms with van der Waals surface area (Å²) in [5.41, 5.74) is 0. The van der Waals surface area contributed by atoms with Crippen LogP contribution in [0.25, 0.3) is 0 Å². The molecule has 1 aliphatic heterocycles. The van der Waals surface area contributed by atoms with Crippen molar-refractivity contribution in [3.8, 4) is 0 Å². The van der Waals surface area contributed by atoms with Crippen LogP contribution in [0, 0.1) is 5.92 Å². The second kappa shape index (κ2) is 6.20. The van der Waals surface area contributed by atoms with Gasteiger partial charge in [0.25, 0.3) is 0 Å². The summed E-state index contributed by atoms with van der Waals surface area (Å²) in [6.45, 7) is 1.81. The summed E-state index contributed by atoms with van der Waals surface area (Å²) in [6, 6.07) is -0.226. The number of hydrogen-bond donors (Lipinski definition) is 2. The van der Waals surface area contributed by atoms with Gasteiger partial charge >= 0.3 is 6.03 Å². The molecule has 6 nitrogen and oxygen atoms in total. The molecule has 0 radical (unpaired) electrons. The van der Waals surface area contributed by atoms with Gasteiger partial charge in [0.15, 0.2) is 9.84 Å². The molecule has 1 unspecified atom stereocenters. The molecule has 0 aromatic heterocycles. The van der Waals surface area contributed by atoms with Crippen molar-refractivity contribution in [2.24, 2.45) is 5.92 Å². The molecule has 0 aromatic carbocycles. The fourth-order valence-corrected chi connectivity index (χ4v) is 3.59. The molecule has 17 heavy (non-hydrogen) atoms. The van der Waals surface area contributed by atoms with Gasteiger partial charge in [-0.1, -0.05) is 0 Å². The molecular formula is C10H21N3O3S. The zero-order valence-corrected chi connectivity index (χ0v) is 11.2. The topological polar surface area (TPSA) is 78.5 Å². The molecule has 2 amide bonds. The van der Waals surface area contributed by atoms with Crippen LogP contribution in [0.2, 0.25) is 0 Å². The molecular weight excluding hydrogens is 242 g/mol. The van der Waals surface area contributed by atoms with Crippen molar-refractivity contribution >= 4 is 15.9 Å². The van der Waals surface area contributed by atoms with Gasteiger partial charge < -0.3 is 15.5 Å². The van der Waals surface area contributed by atoms with Crippen molar-refractivity contribution in [3.05, 3.63) is 0 Å². The zero-order valence-electron chi connectivity index (χ0n) is 10.4. The van der Waals surface area contributed by atoms with Crippen LogP contribution in [0.4, 0.5) is 4.79 Å². The predicted molar refractivity (Wildman–Crippen MR) is 66.7 cm³/mol. The van der Waals surface area contributed by atoms with E-state index < -0.39 is 9.84 Å². The lowest BCUT2D eigenvalue weighted by atomic mass is 10.1. The first-order chi connectivity index (χ1) is 7.89. The van der Waals surface area contributed by atoms with Crippen LogP contribution in [0.15, 0.2) is 0 Å². The lowest BCUT2D eigenvalue weighted by Crippen LogP contribution is -2.41. The van der Waals surface area contributed by atoms with E-state index in [2.05, 4.69) is 10.6 Å². The highest BCUT2D eigenvalue weighted by atomic mass is 32.2. The Morgan fingerprint density at radius 3 is 2.59 bits per heavy atom. The number of nitrogens with one attached hydrogen (secondary N) is 2. The van der Waals surface area contributed by atoms with Crippen LogP contribution >= 0.6 is 0 Å². The summed E-state index contributed by atoms with van der Waals surface area (Å²) in [7, 11) is 1.02. The van der Waals surface area contributed by atoms with Crippen LogP contribution in [0.1, 0.15) is 6.42 Å². The Morgan fingerprint density at radius 1 is 1.35 bits per heavy atom. The summed E-state index contributed by atoms with van der Waals surface area (Å²) in [6.07, 6.45) is 0.653. The van der Waals surface area contributed by atoms with E-state index in [4.69, 9.17) is 0 Å². The molecule has 0 aromatic rings. The molecule has 0 aliphatic carbocycles. The second-order valence-electron chi connectivity index (χ2n) is 4.71. The molecule has 1 fully saturated rings. The maximum atomic E-state index is 11.4. The van der Waals surface area contributed by atoms with Crippen LogP contribution in [0.5, 0.6) is 0 Å². The molecule has 7 heteroatoms. The molecule has 1 saturated heterocycles. The van der Waals surface area contributed by atoms with Gasteiger partial charge in [-0.15, -0.1) is 0 Å². The number of sulfone groups is 1. The molecule has 2 N–H and O–H groups in total. The van der Waals surface area contributed by atoms with Crippen molar-refractivity contribution in [3.63, 3.8) is 0 Å². The Kier molecular flexibility index (Phi) is 5.20. The van der Waals surface area contributed by atoms with E-state index in [1.807, 2.05) is 19.0 Å². The minimum Gasteiger partial charge on any atom is -0.338 e. The van der Waals surface area contributed by atoms with Crippen LogP contribution in [-0.4, -0.2) is 64.6 Å².